The third-order valence-corrected chi connectivity index (χ3v) is 2.33. The van der Waals surface area contributed by atoms with Crippen molar-refractivity contribution in [2.75, 3.05) is 13.1 Å². The zero-order valence-corrected chi connectivity index (χ0v) is 10.0. The fraction of sp³-hybridized carbons (Fsp3) is 0.909. The summed E-state index contributed by atoms with van der Waals surface area (Å²) in [4.78, 5) is 13.3. The molecule has 1 fully saturated rings. The van der Waals surface area contributed by atoms with Crippen LogP contribution in [0.4, 0.5) is 4.79 Å². The summed E-state index contributed by atoms with van der Waals surface area (Å²) in [5.74, 6) is 0. The van der Waals surface area contributed by atoms with Gasteiger partial charge in [0, 0.05) is 6.54 Å². The van der Waals surface area contributed by atoms with Gasteiger partial charge in [-0.3, -0.25) is 0 Å². The van der Waals surface area contributed by atoms with Crippen molar-refractivity contribution in [3.05, 3.63) is 0 Å². The first kappa shape index (κ1) is 12.3. The SMILES string of the molecule is CC(C)(C)OC(=O)N1CCC[C@@](C)(O)C1. The maximum Gasteiger partial charge on any atom is 0.410 e. The summed E-state index contributed by atoms with van der Waals surface area (Å²) in [7, 11) is 0. The van der Waals surface area contributed by atoms with Gasteiger partial charge in [-0.15, -0.1) is 0 Å². The van der Waals surface area contributed by atoms with Gasteiger partial charge in [0.05, 0.1) is 12.1 Å². The minimum atomic E-state index is -0.769. The monoisotopic (exact) mass is 215 g/mol. The minimum Gasteiger partial charge on any atom is -0.444 e. The number of amides is 1. The Balaban J connectivity index is 2.53. The lowest BCUT2D eigenvalue weighted by atomic mass is 9.95. The largest absolute Gasteiger partial charge is 0.444 e. The van der Waals surface area contributed by atoms with Crippen molar-refractivity contribution in [1.29, 1.82) is 0 Å². The Hall–Kier alpha value is -0.770. The molecule has 1 aliphatic heterocycles. The highest BCUT2D eigenvalue weighted by molar-refractivity contribution is 5.68. The summed E-state index contributed by atoms with van der Waals surface area (Å²) >= 11 is 0. The van der Waals surface area contributed by atoms with Gasteiger partial charge in [0.15, 0.2) is 0 Å². The van der Waals surface area contributed by atoms with Gasteiger partial charge in [0.1, 0.15) is 5.60 Å². The van der Waals surface area contributed by atoms with E-state index in [9.17, 15) is 9.90 Å². The number of piperidine rings is 1. The summed E-state index contributed by atoms with van der Waals surface area (Å²) in [6.07, 6.45) is 1.24. The average Bonchev–Trinajstić information content (AvgIpc) is 1.99. The summed E-state index contributed by atoms with van der Waals surface area (Å²) in [5, 5.41) is 9.84. The van der Waals surface area contributed by atoms with Crippen molar-refractivity contribution in [3.8, 4) is 0 Å². The second kappa shape index (κ2) is 4.00. The lowest BCUT2D eigenvalue weighted by Gasteiger charge is -2.37. The quantitative estimate of drug-likeness (QED) is 0.670. The standard InChI is InChI=1S/C11H21NO3/c1-10(2,3)15-9(13)12-7-5-6-11(4,14)8-12/h14H,5-8H2,1-4H3/t11-/m1/s1. The molecule has 0 saturated carbocycles. The smallest absolute Gasteiger partial charge is 0.410 e. The first-order valence-electron chi connectivity index (χ1n) is 5.40. The Kier molecular flexibility index (Phi) is 3.28. The first-order chi connectivity index (χ1) is 6.70. The molecule has 1 amide bonds. The first-order valence-corrected chi connectivity index (χ1v) is 5.40. The van der Waals surface area contributed by atoms with Gasteiger partial charge in [0.2, 0.25) is 0 Å². The summed E-state index contributed by atoms with van der Waals surface area (Å²) in [6.45, 7) is 8.31. The van der Waals surface area contributed by atoms with Gasteiger partial charge in [-0.1, -0.05) is 0 Å². The Morgan fingerprint density at radius 1 is 1.47 bits per heavy atom. The van der Waals surface area contributed by atoms with Gasteiger partial charge in [0.25, 0.3) is 0 Å². The van der Waals surface area contributed by atoms with E-state index in [-0.39, 0.29) is 6.09 Å². The van der Waals surface area contributed by atoms with E-state index in [1.54, 1.807) is 11.8 Å². The van der Waals surface area contributed by atoms with Crippen molar-refractivity contribution >= 4 is 6.09 Å². The lowest BCUT2D eigenvalue weighted by molar-refractivity contribution is -0.0327. The van der Waals surface area contributed by atoms with Crippen LogP contribution < -0.4 is 0 Å². The van der Waals surface area contributed by atoms with E-state index in [0.29, 0.717) is 13.1 Å². The van der Waals surface area contributed by atoms with E-state index >= 15 is 0 Å². The molecule has 0 aromatic carbocycles. The number of hydrogen-bond acceptors (Lipinski definition) is 3. The number of β-amino-alcohol motifs (C(OH)–C–C–N with tert-alkyl or cyclic N) is 1. The maximum absolute atomic E-state index is 11.7. The van der Waals surface area contributed by atoms with E-state index < -0.39 is 11.2 Å². The molecule has 15 heavy (non-hydrogen) atoms. The highest BCUT2D eigenvalue weighted by atomic mass is 16.6. The van der Waals surface area contributed by atoms with Crippen molar-refractivity contribution < 1.29 is 14.6 Å². The fourth-order valence-corrected chi connectivity index (χ4v) is 1.70. The zero-order valence-electron chi connectivity index (χ0n) is 10.0. The number of nitrogens with zero attached hydrogens (tertiary/aromatic N) is 1. The number of likely N-dealkylation sites (tertiary alicyclic amines) is 1. The molecular formula is C11H21NO3. The van der Waals surface area contributed by atoms with Gasteiger partial charge in [-0.2, -0.15) is 0 Å². The van der Waals surface area contributed by atoms with Crippen molar-refractivity contribution in [3.63, 3.8) is 0 Å². The van der Waals surface area contributed by atoms with E-state index in [1.165, 1.54) is 0 Å². The van der Waals surface area contributed by atoms with Gasteiger partial charge in [-0.05, 0) is 40.5 Å². The number of aliphatic hydroxyl groups is 1. The Morgan fingerprint density at radius 3 is 2.53 bits per heavy atom. The molecule has 0 aromatic heterocycles. The van der Waals surface area contributed by atoms with Crippen LogP contribution in [0.5, 0.6) is 0 Å². The molecule has 1 atom stereocenters. The molecule has 0 aromatic rings. The summed E-state index contributed by atoms with van der Waals surface area (Å²) < 4.78 is 5.25. The van der Waals surface area contributed by atoms with Crippen LogP contribution in [0.25, 0.3) is 0 Å². The number of carbonyl (C=O) groups excluding carboxylic acids is 1. The molecule has 88 valence electrons. The Bertz CT molecular complexity index is 243. The van der Waals surface area contributed by atoms with E-state index in [2.05, 4.69) is 0 Å². The molecule has 0 aliphatic carbocycles. The van der Waals surface area contributed by atoms with Crippen LogP contribution in [-0.2, 0) is 4.74 Å². The number of ether oxygens (including phenoxy) is 1. The average molecular weight is 215 g/mol. The number of hydrogen-bond donors (Lipinski definition) is 1. The molecule has 0 unspecified atom stereocenters. The topological polar surface area (TPSA) is 49.8 Å². The maximum atomic E-state index is 11.7. The lowest BCUT2D eigenvalue weighted by Crippen LogP contribution is -2.49. The molecule has 4 heteroatoms. The number of carbonyl (C=O) groups is 1. The van der Waals surface area contributed by atoms with Gasteiger partial charge < -0.3 is 14.7 Å². The summed E-state index contributed by atoms with van der Waals surface area (Å²) in [5.41, 5.74) is -1.24. The molecule has 1 heterocycles. The van der Waals surface area contributed by atoms with Crippen molar-refractivity contribution in [2.24, 2.45) is 0 Å². The molecule has 0 bridgehead atoms. The second-order valence-corrected chi connectivity index (χ2v) is 5.50. The number of rotatable bonds is 0. The van der Waals surface area contributed by atoms with Crippen LogP contribution in [0, 0.1) is 0 Å². The van der Waals surface area contributed by atoms with Crippen LogP contribution in [-0.4, -0.2) is 40.4 Å². The van der Waals surface area contributed by atoms with Crippen LogP contribution in [0.15, 0.2) is 0 Å². The third kappa shape index (κ3) is 4.08. The minimum absolute atomic E-state index is 0.331. The van der Waals surface area contributed by atoms with E-state index in [0.717, 1.165) is 12.8 Å². The van der Waals surface area contributed by atoms with Crippen LogP contribution in [0.3, 0.4) is 0 Å². The third-order valence-electron chi connectivity index (χ3n) is 2.33. The van der Waals surface area contributed by atoms with E-state index in [4.69, 9.17) is 4.74 Å². The van der Waals surface area contributed by atoms with Gasteiger partial charge in [-0.25, -0.2) is 4.79 Å². The molecular weight excluding hydrogens is 194 g/mol. The Morgan fingerprint density at radius 2 is 2.07 bits per heavy atom. The predicted octanol–water partition coefficient (Wildman–Crippen LogP) is 1.77. The molecule has 1 N–H and O–H groups in total. The highest BCUT2D eigenvalue weighted by Crippen LogP contribution is 2.21. The molecule has 1 aliphatic rings. The Labute approximate surface area is 91.2 Å². The van der Waals surface area contributed by atoms with Crippen LogP contribution in [0.2, 0.25) is 0 Å². The highest BCUT2D eigenvalue weighted by Gasteiger charge is 2.32. The second-order valence-electron chi connectivity index (χ2n) is 5.50. The molecule has 4 nitrogen and oxygen atoms in total. The van der Waals surface area contributed by atoms with Crippen LogP contribution in [0.1, 0.15) is 40.5 Å². The van der Waals surface area contributed by atoms with Crippen LogP contribution >= 0.6 is 0 Å². The predicted molar refractivity (Wildman–Crippen MR) is 57.7 cm³/mol. The zero-order chi connectivity index (χ0) is 11.7. The van der Waals surface area contributed by atoms with Crippen molar-refractivity contribution in [2.45, 2.75) is 51.7 Å². The van der Waals surface area contributed by atoms with Crippen molar-refractivity contribution in [1.82, 2.24) is 4.90 Å². The van der Waals surface area contributed by atoms with E-state index in [1.807, 2.05) is 20.8 Å². The fourth-order valence-electron chi connectivity index (χ4n) is 1.70. The molecule has 0 radical (unpaired) electrons. The molecule has 1 saturated heterocycles. The van der Waals surface area contributed by atoms with Gasteiger partial charge >= 0.3 is 6.09 Å². The normalized spacial score (nSPS) is 27.7. The molecule has 1 rings (SSSR count). The summed E-state index contributed by atoms with van der Waals surface area (Å²) in [6, 6.07) is 0. The molecule has 0 spiro atoms.